The van der Waals surface area contributed by atoms with Gasteiger partial charge in [-0.3, -0.25) is 13.2 Å². The van der Waals surface area contributed by atoms with Crippen molar-refractivity contribution >= 4 is 32.0 Å². The minimum Gasteiger partial charge on any atom is -0.464 e. The van der Waals surface area contributed by atoms with Crippen LogP contribution in [0.5, 0.6) is 0 Å². The predicted octanol–water partition coefficient (Wildman–Crippen LogP) is 0.779. The van der Waals surface area contributed by atoms with Gasteiger partial charge >= 0.3 is 5.97 Å². The minimum atomic E-state index is -3.92. The van der Waals surface area contributed by atoms with Crippen LogP contribution in [0.4, 0.5) is 0 Å². The van der Waals surface area contributed by atoms with Gasteiger partial charge in [-0.2, -0.15) is 16.8 Å². The lowest BCUT2D eigenvalue weighted by Crippen LogP contribution is -2.27. The number of carbonyl (C=O) groups excluding carboxylic acids is 2. The number of carbonyl (C=O) groups is 2. The Morgan fingerprint density at radius 3 is 1.68 bits per heavy atom. The third kappa shape index (κ3) is 11.2. The zero-order chi connectivity index (χ0) is 19.7. The van der Waals surface area contributed by atoms with Crippen LogP contribution in [0.25, 0.3) is 0 Å². The zero-order valence-corrected chi connectivity index (χ0v) is 16.5. The molecule has 0 bridgehead atoms. The number of ether oxygens (including phenoxy) is 1. The Hall–Kier alpha value is -1.04. The van der Waals surface area contributed by atoms with E-state index < -0.39 is 44.2 Å². The molecule has 0 aliphatic carbocycles. The average Bonchev–Trinajstić information content (AvgIpc) is 2.45. The van der Waals surface area contributed by atoms with E-state index in [-0.39, 0.29) is 31.0 Å². The summed E-state index contributed by atoms with van der Waals surface area (Å²) in [6.45, 7) is 5.55. The van der Waals surface area contributed by atoms with Crippen molar-refractivity contribution in [2.75, 3.05) is 18.1 Å². The first-order chi connectivity index (χ1) is 11.4. The number of hydrogen-bond donors (Lipinski definition) is 0. The van der Waals surface area contributed by atoms with Gasteiger partial charge in [0, 0.05) is 0 Å². The second kappa shape index (κ2) is 10.8. The fraction of sp³-hybridized carbons (Fsp3) is 0.857. The third-order valence-electron chi connectivity index (χ3n) is 3.06. The number of rotatable bonds is 13. The summed E-state index contributed by atoms with van der Waals surface area (Å²) in [5.74, 6) is -1.83. The molecule has 9 nitrogen and oxygen atoms in total. The van der Waals surface area contributed by atoms with E-state index >= 15 is 0 Å². The molecule has 2 unspecified atom stereocenters. The highest BCUT2D eigenvalue weighted by atomic mass is 32.2. The molecule has 0 amide bonds. The van der Waals surface area contributed by atoms with E-state index in [0.29, 0.717) is 6.42 Å². The molecule has 0 aromatic heterocycles. The maximum Gasteiger partial charge on any atom is 0.336 e. The van der Waals surface area contributed by atoms with Crippen LogP contribution >= 0.6 is 0 Å². The number of ketones is 1. The van der Waals surface area contributed by atoms with Crippen molar-refractivity contribution in [3.05, 3.63) is 0 Å². The summed E-state index contributed by atoms with van der Waals surface area (Å²) in [5.41, 5.74) is 0. The van der Waals surface area contributed by atoms with Gasteiger partial charge in [0.25, 0.3) is 20.2 Å². The van der Waals surface area contributed by atoms with Crippen LogP contribution in [0.1, 0.15) is 47.0 Å². The van der Waals surface area contributed by atoms with Crippen molar-refractivity contribution in [2.24, 2.45) is 0 Å². The smallest absolute Gasteiger partial charge is 0.336 e. The minimum absolute atomic E-state index is 0.116. The van der Waals surface area contributed by atoms with Crippen LogP contribution in [-0.2, 0) is 42.9 Å². The summed E-state index contributed by atoms with van der Waals surface area (Å²) in [7, 11) is -7.76. The number of Topliss-reactive ketones (excluding diaryl/α,β-unsaturated/α-hetero) is 1. The van der Waals surface area contributed by atoms with Gasteiger partial charge in [-0.1, -0.05) is 6.42 Å². The Kier molecular flexibility index (Phi) is 10.4. The van der Waals surface area contributed by atoms with E-state index in [1.807, 2.05) is 0 Å². The molecule has 0 spiro atoms. The summed E-state index contributed by atoms with van der Waals surface area (Å²) in [5, 5.41) is 0. The summed E-state index contributed by atoms with van der Waals surface area (Å²) >= 11 is 0. The topological polar surface area (TPSA) is 130 Å². The molecule has 25 heavy (non-hydrogen) atoms. The molecule has 0 heterocycles. The molecule has 0 aliphatic heterocycles. The Morgan fingerprint density at radius 1 is 0.840 bits per heavy atom. The van der Waals surface area contributed by atoms with Crippen molar-refractivity contribution in [1.29, 1.82) is 0 Å². The molecule has 2 atom stereocenters. The van der Waals surface area contributed by atoms with Gasteiger partial charge in [0.05, 0.1) is 18.1 Å². The summed E-state index contributed by atoms with van der Waals surface area (Å²) in [6.07, 6.45) is -1.63. The van der Waals surface area contributed by atoms with Crippen molar-refractivity contribution in [1.82, 2.24) is 0 Å². The largest absolute Gasteiger partial charge is 0.464 e. The molecular weight excluding hydrogens is 376 g/mol. The molecule has 148 valence electrons. The Morgan fingerprint density at radius 2 is 1.28 bits per heavy atom. The standard InChI is InChI=1S/C14H26O9S2/c1-5-21-14(16)13(4)23-25(19,20)10-8-6-7-9-24(17,18)22-12(3)11(2)15/h12-13H,5-10H2,1-4H3. The van der Waals surface area contributed by atoms with Crippen LogP contribution < -0.4 is 0 Å². The van der Waals surface area contributed by atoms with Crippen molar-refractivity contribution in [3.63, 3.8) is 0 Å². The highest BCUT2D eigenvalue weighted by Crippen LogP contribution is 2.09. The Bertz CT molecular complexity index is 637. The molecule has 0 saturated heterocycles. The lowest BCUT2D eigenvalue weighted by Gasteiger charge is -2.12. The fourth-order valence-corrected chi connectivity index (χ4v) is 4.04. The zero-order valence-electron chi connectivity index (χ0n) is 14.9. The molecular formula is C14H26O9S2. The molecule has 0 saturated carbocycles. The highest BCUT2D eigenvalue weighted by molar-refractivity contribution is 7.87. The first kappa shape index (κ1) is 24.0. The SMILES string of the molecule is CCOC(=O)C(C)OS(=O)(=O)CCCCCS(=O)(=O)OC(C)C(C)=O. The second-order valence-electron chi connectivity index (χ2n) is 5.42. The third-order valence-corrected chi connectivity index (χ3v) is 5.80. The van der Waals surface area contributed by atoms with E-state index in [0.717, 1.165) is 0 Å². The fourth-order valence-electron chi connectivity index (χ4n) is 1.64. The number of esters is 1. The maximum absolute atomic E-state index is 11.7. The van der Waals surface area contributed by atoms with Gasteiger partial charge in [-0.15, -0.1) is 0 Å². The van der Waals surface area contributed by atoms with Crippen molar-refractivity contribution in [2.45, 2.75) is 59.2 Å². The van der Waals surface area contributed by atoms with E-state index in [9.17, 15) is 26.4 Å². The summed E-state index contributed by atoms with van der Waals surface area (Å²) in [6, 6.07) is 0. The van der Waals surface area contributed by atoms with Crippen LogP contribution in [0.3, 0.4) is 0 Å². The first-order valence-corrected chi connectivity index (χ1v) is 11.0. The van der Waals surface area contributed by atoms with E-state index in [1.165, 1.54) is 20.8 Å². The maximum atomic E-state index is 11.7. The van der Waals surface area contributed by atoms with E-state index in [2.05, 4.69) is 8.92 Å². The van der Waals surface area contributed by atoms with Gasteiger partial charge in [-0.05, 0) is 40.5 Å². The lowest BCUT2D eigenvalue weighted by atomic mass is 10.3. The normalized spacial score (nSPS) is 14.7. The monoisotopic (exact) mass is 402 g/mol. The van der Waals surface area contributed by atoms with Crippen LogP contribution in [0.2, 0.25) is 0 Å². The molecule has 0 radical (unpaired) electrons. The summed E-state index contributed by atoms with van der Waals surface area (Å²) < 4.78 is 60.7. The molecule has 0 aliphatic rings. The molecule has 0 aromatic carbocycles. The first-order valence-electron chi connectivity index (χ1n) is 7.89. The van der Waals surface area contributed by atoms with Crippen LogP contribution in [0.15, 0.2) is 0 Å². The van der Waals surface area contributed by atoms with Gasteiger partial charge in [-0.25, -0.2) is 4.79 Å². The van der Waals surface area contributed by atoms with E-state index in [1.54, 1.807) is 6.92 Å². The van der Waals surface area contributed by atoms with Crippen molar-refractivity contribution < 1.29 is 39.5 Å². The molecule has 0 rings (SSSR count). The molecule has 11 heteroatoms. The lowest BCUT2D eigenvalue weighted by molar-refractivity contribution is -0.150. The summed E-state index contributed by atoms with van der Waals surface area (Å²) in [4.78, 5) is 22.3. The van der Waals surface area contributed by atoms with Crippen LogP contribution in [-0.4, -0.2) is 58.9 Å². The molecule has 0 aromatic rings. The highest BCUT2D eigenvalue weighted by Gasteiger charge is 2.23. The number of unbranched alkanes of at least 4 members (excludes halogenated alkanes) is 2. The van der Waals surface area contributed by atoms with Gasteiger partial charge in [0.15, 0.2) is 11.9 Å². The Labute approximate surface area is 149 Å². The van der Waals surface area contributed by atoms with Crippen LogP contribution in [0, 0.1) is 0 Å². The average molecular weight is 402 g/mol. The molecule has 0 N–H and O–H groups in total. The van der Waals surface area contributed by atoms with Crippen molar-refractivity contribution in [3.8, 4) is 0 Å². The molecule has 0 fully saturated rings. The quantitative estimate of drug-likeness (QED) is 0.249. The van der Waals surface area contributed by atoms with Gasteiger partial charge < -0.3 is 4.74 Å². The Balaban J connectivity index is 4.19. The van der Waals surface area contributed by atoms with E-state index in [4.69, 9.17) is 4.18 Å². The second-order valence-corrected chi connectivity index (χ2v) is 8.86. The van der Waals surface area contributed by atoms with Gasteiger partial charge in [0.2, 0.25) is 0 Å². The van der Waals surface area contributed by atoms with Gasteiger partial charge in [0.1, 0.15) is 6.10 Å². The number of hydrogen-bond acceptors (Lipinski definition) is 9. The predicted molar refractivity (Wildman–Crippen MR) is 89.8 cm³/mol.